The lowest BCUT2D eigenvalue weighted by Gasteiger charge is -2.12. The molecular formula is C8H10BrN3O5. The van der Waals surface area contributed by atoms with Crippen LogP contribution in [0.5, 0.6) is 0 Å². The molecule has 2 heterocycles. The van der Waals surface area contributed by atoms with Gasteiger partial charge in [0.1, 0.15) is 12.3 Å². The van der Waals surface area contributed by atoms with E-state index >= 15 is 0 Å². The summed E-state index contributed by atoms with van der Waals surface area (Å²) in [5.74, 6) is -0.310. The van der Waals surface area contributed by atoms with Crippen LogP contribution in [0.25, 0.3) is 0 Å². The molecule has 1 fully saturated rings. The van der Waals surface area contributed by atoms with Gasteiger partial charge in [-0.1, -0.05) is 0 Å². The van der Waals surface area contributed by atoms with Crippen molar-refractivity contribution in [3.05, 3.63) is 21.0 Å². The van der Waals surface area contributed by atoms with Crippen molar-refractivity contribution in [3.8, 4) is 0 Å². The van der Waals surface area contributed by atoms with Gasteiger partial charge in [0.05, 0.1) is 12.7 Å². The second-order valence-corrected chi connectivity index (χ2v) is 4.39. The van der Waals surface area contributed by atoms with Crippen molar-refractivity contribution in [1.29, 1.82) is 0 Å². The van der Waals surface area contributed by atoms with Crippen LogP contribution in [0, 0.1) is 10.1 Å². The van der Waals surface area contributed by atoms with Gasteiger partial charge < -0.3 is 25.1 Å². The van der Waals surface area contributed by atoms with Gasteiger partial charge in [0.2, 0.25) is 6.33 Å². The molecule has 2 rings (SSSR count). The van der Waals surface area contributed by atoms with E-state index in [1.54, 1.807) is 0 Å². The Labute approximate surface area is 104 Å². The molecule has 2 N–H and O–H groups in total. The molecule has 0 saturated carbocycles. The van der Waals surface area contributed by atoms with Gasteiger partial charge in [0.25, 0.3) is 0 Å². The number of rotatable bonds is 3. The Hall–Kier alpha value is -1.03. The monoisotopic (exact) mass is 307 g/mol. The minimum atomic E-state index is -0.793. The average Bonchev–Trinajstić information content (AvgIpc) is 2.81. The molecule has 94 valence electrons. The van der Waals surface area contributed by atoms with E-state index < -0.39 is 23.4 Å². The molecule has 8 nitrogen and oxygen atoms in total. The first-order valence-electron chi connectivity index (χ1n) is 4.85. The number of halogens is 1. The molecule has 0 radical (unpaired) electrons. The number of aliphatic hydroxyl groups excluding tert-OH is 2. The molecule has 9 heteroatoms. The molecule has 17 heavy (non-hydrogen) atoms. The van der Waals surface area contributed by atoms with Crippen molar-refractivity contribution in [1.82, 2.24) is 9.55 Å². The second kappa shape index (κ2) is 4.69. The van der Waals surface area contributed by atoms with Crippen molar-refractivity contribution in [2.75, 3.05) is 6.61 Å². The maximum atomic E-state index is 10.6. The fourth-order valence-electron chi connectivity index (χ4n) is 1.71. The molecule has 0 aliphatic carbocycles. The molecule has 1 aliphatic heterocycles. The van der Waals surface area contributed by atoms with Crippen LogP contribution in [-0.4, -0.2) is 43.5 Å². The summed E-state index contributed by atoms with van der Waals surface area (Å²) in [6.45, 7) is -0.300. The molecule has 3 atom stereocenters. The first-order valence-corrected chi connectivity index (χ1v) is 5.65. The quantitative estimate of drug-likeness (QED) is 0.609. The van der Waals surface area contributed by atoms with Crippen LogP contribution in [0.1, 0.15) is 12.6 Å². The van der Waals surface area contributed by atoms with Crippen molar-refractivity contribution >= 4 is 21.7 Å². The normalized spacial score (nSPS) is 28.5. The van der Waals surface area contributed by atoms with E-state index in [2.05, 4.69) is 20.9 Å². The summed E-state index contributed by atoms with van der Waals surface area (Å²) in [5, 5.41) is 29.1. The van der Waals surface area contributed by atoms with Crippen LogP contribution in [0.4, 0.5) is 5.82 Å². The third kappa shape index (κ3) is 2.18. The summed E-state index contributed by atoms with van der Waals surface area (Å²) >= 11 is 3.06. The molecule has 0 unspecified atom stereocenters. The summed E-state index contributed by atoms with van der Waals surface area (Å²) in [6, 6.07) is 0. The Kier molecular flexibility index (Phi) is 3.43. The molecule has 0 spiro atoms. The van der Waals surface area contributed by atoms with E-state index in [-0.39, 0.29) is 23.4 Å². The summed E-state index contributed by atoms with van der Waals surface area (Å²) < 4.78 is 6.95. The van der Waals surface area contributed by atoms with Crippen molar-refractivity contribution in [2.45, 2.75) is 24.9 Å². The van der Waals surface area contributed by atoms with E-state index in [1.165, 1.54) is 10.9 Å². The first-order chi connectivity index (χ1) is 8.04. The number of hydrogen-bond acceptors (Lipinski definition) is 6. The highest BCUT2D eigenvalue weighted by molar-refractivity contribution is 9.10. The van der Waals surface area contributed by atoms with E-state index in [0.717, 1.165) is 0 Å². The lowest BCUT2D eigenvalue weighted by molar-refractivity contribution is -0.390. The van der Waals surface area contributed by atoms with Gasteiger partial charge in [-0.3, -0.25) is 4.57 Å². The zero-order valence-electron chi connectivity index (χ0n) is 8.56. The number of aliphatic hydroxyl groups is 2. The maximum Gasteiger partial charge on any atom is 0.396 e. The van der Waals surface area contributed by atoms with Crippen molar-refractivity contribution in [3.63, 3.8) is 0 Å². The van der Waals surface area contributed by atoms with Crippen LogP contribution in [-0.2, 0) is 4.74 Å². The minimum absolute atomic E-state index is 0.179. The van der Waals surface area contributed by atoms with Crippen molar-refractivity contribution < 1.29 is 19.9 Å². The van der Waals surface area contributed by atoms with Gasteiger partial charge in [-0.2, -0.15) is 0 Å². The van der Waals surface area contributed by atoms with Gasteiger partial charge in [-0.25, -0.2) is 0 Å². The average molecular weight is 308 g/mol. The Bertz CT molecular complexity index is 437. The predicted octanol–water partition coefficient (Wildman–Crippen LogP) is 0.194. The van der Waals surface area contributed by atoms with Gasteiger partial charge in [-0.05, 0) is 25.8 Å². The topological polar surface area (TPSA) is 111 Å². The summed E-state index contributed by atoms with van der Waals surface area (Å²) in [6.07, 6.45) is -0.527. The third-order valence-corrected chi connectivity index (χ3v) is 3.35. The van der Waals surface area contributed by atoms with Gasteiger partial charge in [-0.15, -0.1) is 0 Å². The van der Waals surface area contributed by atoms with E-state index in [1.807, 2.05) is 0 Å². The summed E-state index contributed by atoms with van der Waals surface area (Å²) in [5.41, 5.74) is 0. The largest absolute Gasteiger partial charge is 0.396 e. The Morgan fingerprint density at radius 1 is 1.76 bits per heavy atom. The highest BCUT2D eigenvalue weighted by Gasteiger charge is 2.37. The first kappa shape index (κ1) is 12.4. The fourth-order valence-corrected chi connectivity index (χ4v) is 2.28. The zero-order chi connectivity index (χ0) is 12.6. The number of imidazole rings is 1. The van der Waals surface area contributed by atoms with Crippen molar-refractivity contribution in [2.24, 2.45) is 0 Å². The molecule has 0 aromatic carbocycles. The van der Waals surface area contributed by atoms with Crippen LogP contribution < -0.4 is 0 Å². The smallest absolute Gasteiger partial charge is 0.394 e. The molecule has 1 aromatic rings. The number of ether oxygens (including phenoxy) is 1. The maximum absolute atomic E-state index is 10.6. The van der Waals surface area contributed by atoms with E-state index in [0.29, 0.717) is 0 Å². The fraction of sp³-hybridized carbons (Fsp3) is 0.625. The van der Waals surface area contributed by atoms with Crippen LogP contribution in [0.15, 0.2) is 10.9 Å². The number of aromatic nitrogens is 2. The lowest BCUT2D eigenvalue weighted by Crippen LogP contribution is -2.24. The number of hydrogen-bond donors (Lipinski definition) is 2. The zero-order valence-corrected chi connectivity index (χ0v) is 10.1. The Morgan fingerprint density at radius 2 is 2.47 bits per heavy atom. The Balaban J connectivity index is 2.22. The Morgan fingerprint density at radius 3 is 2.94 bits per heavy atom. The third-order valence-electron chi connectivity index (χ3n) is 2.58. The standard InChI is InChI=1S/C8H10BrN3O5/c9-7-8(12(15)16)10-3-11(7)6-1-4(14)5(2-13)17-6/h3-6,13-14H,1-2H2/t4-,5+,6+/m0/s1. The molecule has 1 aromatic heterocycles. The summed E-state index contributed by atoms with van der Waals surface area (Å²) in [4.78, 5) is 13.6. The van der Waals surface area contributed by atoms with Crippen LogP contribution in [0.3, 0.4) is 0 Å². The van der Waals surface area contributed by atoms with E-state index in [4.69, 9.17) is 9.84 Å². The van der Waals surface area contributed by atoms with Crippen LogP contribution in [0.2, 0.25) is 0 Å². The number of nitrogens with zero attached hydrogens (tertiary/aromatic N) is 3. The summed E-state index contributed by atoms with van der Waals surface area (Å²) in [7, 11) is 0. The van der Waals surface area contributed by atoms with Gasteiger partial charge >= 0.3 is 5.82 Å². The van der Waals surface area contributed by atoms with E-state index in [9.17, 15) is 15.2 Å². The highest BCUT2D eigenvalue weighted by Crippen LogP contribution is 2.34. The lowest BCUT2D eigenvalue weighted by atomic mass is 10.2. The molecular weight excluding hydrogens is 298 g/mol. The SMILES string of the molecule is O=[N+]([O-])c1ncn([C@H]2C[C@H](O)[C@@H](CO)O2)c1Br. The number of nitro groups is 1. The van der Waals surface area contributed by atoms with Crippen LogP contribution >= 0.6 is 15.9 Å². The highest BCUT2D eigenvalue weighted by atomic mass is 79.9. The molecule has 1 saturated heterocycles. The molecule has 0 amide bonds. The van der Waals surface area contributed by atoms with Gasteiger partial charge in [0.15, 0.2) is 4.60 Å². The molecule has 0 bridgehead atoms. The second-order valence-electron chi connectivity index (χ2n) is 3.64. The van der Waals surface area contributed by atoms with Gasteiger partial charge in [0, 0.05) is 6.42 Å². The minimum Gasteiger partial charge on any atom is -0.394 e. The molecule has 1 aliphatic rings. The predicted molar refractivity (Wildman–Crippen MR) is 58.2 cm³/mol.